The average Bonchev–Trinajstić information content (AvgIpc) is 3.08. The lowest BCUT2D eigenvalue weighted by atomic mass is 9.65. The molecule has 3 aliphatic rings. The lowest BCUT2D eigenvalue weighted by Gasteiger charge is -2.44. The van der Waals surface area contributed by atoms with Crippen LogP contribution in [-0.2, 0) is 4.79 Å². The van der Waals surface area contributed by atoms with Gasteiger partial charge in [0.2, 0.25) is 5.91 Å². The van der Waals surface area contributed by atoms with E-state index in [0.717, 1.165) is 24.9 Å². The summed E-state index contributed by atoms with van der Waals surface area (Å²) < 4.78 is 10.6. The van der Waals surface area contributed by atoms with Crippen LogP contribution in [0, 0.1) is 16.7 Å². The van der Waals surface area contributed by atoms with E-state index in [4.69, 9.17) is 20.3 Å². The van der Waals surface area contributed by atoms with Gasteiger partial charge in [-0.3, -0.25) is 9.80 Å². The van der Waals surface area contributed by atoms with Crippen molar-refractivity contribution in [2.24, 2.45) is 27.6 Å². The minimum atomic E-state index is -0.669. The van der Waals surface area contributed by atoms with Crippen molar-refractivity contribution < 1.29 is 14.3 Å². The van der Waals surface area contributed by atoms with Gasteiger partial charge in [-0.05, 0) is 54.4 Å². The van der Waals surface area contributed by atoms with E-state index < -0.39 is 5.54 Å². The number of rotatable bonds is 5. The first-order chi connectivity index (χ1) is 12.3. The van der Waals surface area contributed by atoms with Crippen LogP contribution in [0.1, 0.15) is 38.7 Å². The van der Waals surface area contributed by atoms with E-state index in [0.29, 0.717) is 17.4 Å². The minimum absolute atomic E-state index is 0.0942. The summed E-state index contributed by atoms with van der Waals surface area (Å²) >= 11 is 0. The Kier molecular flexibility index (Phi) is 3.56. The van der Waals surface area contributed by atoms with Gasteiger partial charge in [-0.2, -0.15) is 5.10 Å². The van der Waals surface area contributed by atoms with E-state index in [9.17, 15) is 4.79 Å². The Morgan fingerprint density at radius 3 is 2.65 bits per heavy atom. The molecule has 140 valence electrons. The van der Waals surface area contributed by atoms with E-state index in [1.165, 1.54) is 6.42 Å². The smallest absolute Gasteiger partial charge is 0.245 e. The molecule has 0 aromatic heterocycles. The molecule has 1 aliphatic heterocycles. The van der Waals surface area contributed by atoms with Crippen molar-refractivity contribution in [2.75, 3.05) is 20.8 Å². The Morgan fingerprint density at radius 1 is 1.31 bits per heavy atom. The molecule has 26 heavy (non-hydrogen) atoms. The van der Waals surface area contributed by atoms with Crippen LogP contribution in [0.15, 0.2) is 23.3 Å². The third-order valence-electron chi connectivity index (χ3n) is 7.69. The second-order valence-corrected chi connectivity index (χ2v) is 8.33. The maximum Gasteiger partial charge on any atom is 0.245 e. The van der Waals surface area contributed by atoms with E-state index in [1.807, 2.05) is 23.2 Å². The number of carbonyl (C=O) groups is 1. The number of hydrogen-bond donors (Lipinski definition) is 1. The molecule has 1 amide bonds. The molecule has 2 aliphatic carbocycles. The minimum Gasteiger partial charge on any atom is -0.493 e. The lowest BCUT2D eigenvalue weighted by Crippen LogP contribution is -2.60. The van der Waals surface area contributed by atoms with Crippen LogP contribution in [0.4, 0.5) is 0 Å². The Hall–Kier alpha value is -2.24. The summed E-state index contributed by atoms with van der Waals surface area (Å²) in [6.45, 7) is 5.32. The number of carbonyl (C=O) groups excluding carboxylic acids is 1. The van der Waals surface area contributed by atoms with Crippen molar-refractivity contribution in [3.05, 3.63) is 23.8 Å². The quantitative estimate of drug-likeness (QED) is 0.821. The molecular weight excluding hydrogens is 330 g/mol. The second-order valence-electron chi connectivity index (χ2n) is 8.33. The van der Waals surface area contributed by atoms with Gasteiger partial charge in [-0.1, -0.05) is 13.8 Å². The molecule has 0 spiro atoms. The van der Waals surface area contributed by atoms with Crippen molar-refractivity contribution in [1.82, 2.24) is 5.01 Å². The zero-order chi connectivity index (χ0) is 18.7. The number of primary amides is 1. The number of methoxy groups -OCH3 is 2. The normalized spacial score (nSPS) is 37.5. The molecule has 1 saturated heterocycles. The molecule has 1 aromatic carbocycles. The number of hydrazone groups is 1. The van der Waals surface area contributed by atoms with E-state index in [-0.39, 0.29) is 16.7 Å². The second kappa shape index (κ2) is 5.38. The largest absolute Gasteiger partial charge is 0.493 e. The Morgan fingerprint density at radius 2 is 2.04 bits per heavy atom. The zero-order valence-electron chi connectivity index (χ0n) is 15.9. The molecule has 4 atom stereocenters. The van der Waals surface area contributed by atoms with Crippen LogP contribution < -0.4 is 15.2 Å². The van der Waals surface area contributed by atoms with Crippen LogP contribution in [0.2, 0.25) is 0 Å². The Bertz CT molecular complexity index is 795. The molecule has 1 aromatic rings. The zero-order valence-corrected chi connectivity index (χ0v) is 15.9. The number of amides is 1. The maximum absolute atomic E-state index is 12.6. The fraction of sp³-hybridized carbons (Fsp3) is 0.600. The van der Waals surface area contributed by atoms with Crippen LogP contribution in [-0.4, -0.2) is 43.4 Å². The highest BCUT2D eigenvalue weighted by Gasteiger charge is 2.80. The number of ether oxygens (including phenoxy) is 2. The number of piperidine rings is 1. The Balaban J connectivity index is 1.67. The van der Waals surface area contributed by atoms with Crippen molar-refractivity contribution >= 4 is 12.1 Å². The first-order valence-corrected chi connectivity index (χ1v) is 9.16. The van der Waals surface area contributed by atoms with Gasteiger partial charge in [-0.15, -0.1) is 0 Å². The number of hydrogen-bond acceptors (Lipinski definition) is 5. The van der Waals surface area contributed by atoms with E-state index in [1.54, 1.807) is 20.4 Å². The highest BCUT2D eigenvalue weighted by Crippen LogP contribution is 2.75. The molecule has 6 nitrogen and oxygen atoms in total. The highest BCUT2D eigenvalue weighted by molar-refractivity contribution is 5.88. The van der Waals surface area contributed by atoms with Gasteiger partial charge in [-0.25, -0.2) is 0 Å². The molecule has 4 unspecified atom stereocenters. The molecule has 0 radical (unpaired) electrons. The molecule has 6 heteroatoms. The molecule has 1 heterocycles. The summed E-state index contributed by atoms with van der Waals surface area (Å²) in [7, 11) is 3.22. The SMILES string of the molecule is COc1ccc(/C=N/N2CC3(C)C4CCC3(C)C2(C(N)=O)C4)cc1OC. The van der Waals surface area contributed by atoms with Crippen molar-refractivity contribution in [2.45, 2.75) is 38.6 Å². The first-order valence-electron chi connectivity index (χ1n) is 9.16. The highest BCUT2D eigenvalue weighted by atomic mass is 16.5. The predicted molar refractivity (Wildman–Crippen MR) is 99.3 cm³/mol. The van der Waals surface area contributed by atoms with Gasteiger partial charge in [0.05, 0.1) is 20.4 Å². The van der Waals surface area contributed by atoms with Crippen LogP contribution in [0.25, 0.3) is 0 Å². The average molecular weight is 357 g/mol. The van der Waals surface area contributed by atoms with E-state index in [2.05, 4.69) is 13.8 Å². The summed E-state index contributed by atoms with van der Waals surface area (Å²) in [4.78, 5) is 12.6. The summed E-state index contributed by atoms with van der Waals surface area (Å²) in [6, 6.07) is 5.65. The monoisotopic (exact) mass is 357 g/mol. The fourth-order valence-electron chi connectivity index (χ4n) is 5.95. The maximum atomic E-state index is 12.6. The molecular formula is C20H27N3O3. The van der Waals surface area contributed by atoms with Gasteiger partial charge in [0.1, 0.15) is 5.54 Å². The van der Waals surface area contributed by atoms with Crippen molar-refractivity contribution in [3.8, 4) is 11.5 Å². The molecule has 2 N–H and O–H groups in total. The third kappa shape index (κ3) is 1.82. The van der Waals surface area contributed by atoms with Crippen molar-refractivity contribution in [3.63, 3.8) is 0 Å². The fourth-order valence-corrected chi connectivity index (χ4v) is 5.95. The number of benzene rings is 1. The topological polar surface area (TPSA) is 77.1 Å². The third-order valence-corrected chi connectivity index (χ3v) is 7.69. The van der Waals surface area contributed by atoms with Gasteiger partial charge in [0.15, 0.2) is 11.5 Å². The number of nitrogens with two attached hydrogens (primary N) is 1. The molecule has 4 rings (SSSR count). The van der Waals surface area contributed by atoms with E-state index >= 15 is 0 Å². The summed E-state index contributed by atoms with van der Waals surface area (Å²) in [5.41, 5.74) is 6.17. The van der Waals surface area contributed by atoms with Gasteiger partial charge in [0.25, 0.3) is 0 Å². The van der Waals surface area contributed by atoms with Gasteiger partial charge in [0, 0.05) is 12.0 Å². The first kappa shape index (κ1) is 17.2. The predicted octanol–water partition coefficient (Wildman–Crippen LogP) is 2.40. The summed E-state index contributed by atoms with van der Waals surface area (Å²) in [6.07, 6.45) is 4.83. The molecule has 4 bridgehead atoms. The standard InChI is InChI=1S/C20H27N3O3/c1-18-12-23(20(17(21)24)10-14(18)7-8-19(18,20)2)22-11-13-5-6-15(25-3)16(9-13)26-4/h5-6,9,11,14H,7-8,10,12H2,1-4H3,(H2,21,24)/b22-11+. The molecule has 3 fully saturated rings. The summed E-state index contributed by atoms with van der Waals surface area (Å²) in [5, 5.41) is 6.68. The summed E-state index contributed by atoms with van der Waals surface area (Å²) in [5.74, 6) is 1.65. The molecule has 2 saturated carbocycles. The number of nitrogens with zero attached hydrogens (tertiary/aromatic N) is 2. The Labute approximate surface area is 154 Å². The van der Waals surface area contributed by atoms with Gasteiger partial charge >= 0.3 is 0 Å². The van der Waals surface area contributed by atoms with Crippen LogP contribution in [0.3, 0.4) is 0 Å². The van der Waals surface area contributed by atoms with Crippen LogP contribution in [0.5, 0.6) is 11.5 Å². The van der Waals surface area contributed by atoms with Crippen LogP contribution >= 0.6 is 0 Å². The van der Waals surface area contributed by atoms with Gasteiger partial charge < -0.3 is 15.2 Å². The lowest BCUT2D eigenvalue weighted by molar-refractivity contribution is -0.135. The van der Waals surface area contributed by atoms with Crippen molar-refractivity contribution in [1.29, 1.82) is 0 Å².